The first-order chi connectivity index (χ1) is 6.23. The molecule has 1 aromatic carbocycles. The second-order valence-electron chi connectivity index (χ2n) is 2.89. The summed E-state index contributed by atoms with van der Waals surface area (Å²) in [5.74, 6) is 0. The molecule has 1 unspecified atom stereocenters. The molecule has 0 aliphatic heterocycles. The molecule has 0 aliphatic carbocycles. The van der Waals surface area contributed by atoms with Crippen molar-refractivity contribution < 1.29 is 22.6 Å². The Morgan fingerprint density at radius 3 is 2.14 bits per heavy atom. The summed E-state index contributed by atoms with van der Waals surface area (Å²) in [5, 5.41) is -0.549. The van der Waals surface area contributed by atoms with Gasteiger partial charge in [-0.3, -0.25) is 4.57 Å². The van der Waals surface area contributed by atoms with Crippen LogP contribution in [-0.2, 0) is 10.7 Å². The van der Waals surface area contributed by atoms with Crippen molar-refractivity contribution in [1.29, 1.82) is 0 Å². The van der Waals surface area contributed by atoms with Crippen LogP contribution in [0, 0.1) is 0 Å². The average molecular weight is 224 g/mol. The molecule has 0 fully saturated rings. The fourth-order valence-corrected chi connectivity index (χ4v) is 2.09. The highest BCUT2D eigenvalue weighted by Crippen LogP contribution is 2.40. The number of alkyl halides is 3. The van der Waals surface area contributed by atoms with Gasteiger partial charge in [-0.25, -0.2) is 0 Å². The molecule has 0 aliphatic rings. The molecule has 1 aromatic rings. The average Bonchev–Trinajstić information content (AvgIpc) is 2.01. The van der Waals surface area contributed by atoms with E-state index in [-0.39, 0.29) is 0 Å². The van der Waals surface area contributed by atoms with Crippen LogP contribution < -0.4 is 5.30 Å². The van der Waals surface area contributed by atoms with Crippen LogP contribution in [0.3, 0.4) is 0 Å². The molecule has 1 atom stereocenters. The number of halogens is 3. The number of benzene rings is 1. The first kappa shape index (κ1) is 11.3. The Morgan fingerprint density at radius 2 is 1.79 bits per heavy atom. The summed E-state index contributed by atoms with van der Waals surface area (Å²) in [4.78, 5) is 9.09. The van der Waals surface area contributed by atoms with Gasteiger partial charge in [0.15, 0.2) is 0 Å². The molecular weight excluding hydrogens is 216 g/mol. The summed E-state index contributed by atoms with van der Waals surface area (Å²) in [6.07, 6.45) is -4.59. The molecule has 2 nitrogen and oxygen atoms in total. The van der Waals surface area contributed by atoms with Crippen molar-refractivity contribution in [3.05, 3.63) is 29.8 Å². The Bertz CT molecular complexity index is 380. The molecule has 0 amide bonds. The molecule has 0 saturated carbocycles. The van der Waals surface area contributed by atoms with Gasteiger partial charge < -0.3 is 4.89 Å². The lowest BCUT2D eigenvalue weighted by molar-refractivity contribution is -0.136. The van der Waals surface area contributed by atoms with Gasteiger partial charge in [0.25, 0.3) is 0 Å². The van der Waals surface area contributed by atoms with E-state index in [9.17, 15) is 17.7 Å². The quantitative estimate of drug-likeness (QED) is 0.742. The van der Waals surface area contributed by atoms with Gasteiger partial charge in [0.2, 0.25) is 7.37 Å². The molecule has 6 heteroatoms. The topological polar surface area (TPSA) is 37.3 Å². The predicted octanol–water partition coefficient (Wildman–Crippen LogP) is 2.23. The van der Waals surface area contributed by atoms with E-state index in [0.717, 1.165) is 18.8 Å². The van der Waals surface area contributed by atoms with E-state index in [1.165, 1.54) is 12.1 Å². The summed E-state index contributed by atoms with van der Waals surface area (Å²) in [5.41, 5.74) is -1.05. The predicted molar refractivity (Wildman–Crippen MR) is 46.8 cm³/mol. The van der Waals surface area contributed by atoms with Gasteiger partial charge in [-0.1, -0.05) is 12.1 Å². The second-order valence-corrected chi connectivity index (χ2v) is 5.13. The van der Waals surface area contributed by atoms with Crippen molar-refractivity contribution in [2.24, 2.45) is 0 Å². The number of rotatable bonds is 1. The molecule has 1 N–H and O–H groups in total. The molecule has 78 valence electrons. The Hall–Kier alpha value is -0.800. The van der Waals surface area contributed by atoms with E-state index in [4.69, 9.17) is 4.89 Å². The Balaban J connectivity index is 3.39. The van der Waals surface area contributed by atoms with Gasteiger partial charge in [-0.05, 0) is 12.1 Å². The van der Waals surface area contributed by atoms with Crippen LogP contribution in [-0.4, -0.2) is 11.6 Å². The molecule has 0 saturated heterocycles. The molecule has 0 spiro atoms. The lowest BCUT2D eigenvalue weighted by atomic mass is 10.2. The van der Waals surface area contributed by atoms with Gasteiger partial charge in [-0.15, -0.1) is 0 Å². The summed E-state index contributed by atoms with van der Waals surface area (Å²) in [6, 6.07) is 4.30. The molecule has 0 radical (unpaired) electrons. The lowest BCUT2D eigenvalue weighted by Gasteiger charge is -2.14. The zero-order chi connectivity index (χ0) is 11.0. The van der Waals surface area contributed by atoms with Crippen LogP contribution >= 0.6 is 7.37 Å². The third-order valence-corrected chi connectivity index (χ3v) is 2.94. The van der Waals surface area contributed by atoms with Gasteiger partial charge in [0.1, 0.15) is 0 Å². The maximum absolute atomic E-state index is 12.3. The third-order valence-electron chi connectivity index (χ3n) is 1.66. The van der Waals surface area contributed by atoms with Crippen LogP contribution in [0.1, 0.15) is 5.56 Å². The van der Waals surface area contributed by atoms with Crippen molar-refractivity contribution in [3.63, 3.8) is 0 Å². The molecule has 1 rings (SSSR count). The highest BCUT2D eigenvalue weighted by atomic mass is 31.2. The lowest BCUT2D eigenvalue weighted by Crippen LogP contribution is -2.19. The largest absolute Gasteiger partial charge is 0.417 e. The second kappa shape index (κ2) is 3.41. The van der Waals surface area contributed by atoms with Crippen molar-refractivity contribution in [2.75, 3.05) is 6.66 Å². The number of hydrogen-bond acceptors (Lipinski definition) is 1. The highest BCUT2D eigenvalue weighted by molar-refractivity contribution is 7.65. The summed E-state index contributed by atoms with van der Waals surface area (Å²) < 4.78 is 48.2. The van der Waals surface area contributed by atoms with Crippen LogP contribution in [0.2, 0.25) is 0 Å². The van der Waals surface area contributed by atoms with Gasteiger partial charge in [-0.2, -0.15) is 13.2 Å². The van der Waals surface area contributed by atoms with Crippen molar-refractivity contribution in [3.8, 4) is 0 Å². The Labute approximate surface area is 78.8 Å². The molecule has 14 heavy (non-hydrogen) atoms. The monoisotopic (exact) mass is 224 g/mol. The highest BCUT2D eigenvalue weighted by Gasteiger charge is 2.36. The summed E-state index contributed by atoms with van der Waals surface area (Å²) in [7, 11) is -3.87. The normalized spacial score (nSPS) is 16.4. The van der Waals surface area contributed by atoms with Crippen LogP contribution in [0.4, 0.5) is 13.2 Å². The van der Waals surface area contributed by atoms with Gasteiger partial charge >= 0.3 is 6.18 Å². The first-order valence-corrected chi connectivity index (χ1v) is 5.80. The third kappa shape index (κ3) is 2.36. The minimum absolute atomic E-state index is 0.549. The van der Waals surface area contributed by atoms with E-state index < -0.39 is 24.4 Å². The first-order valence-electron chi connectivity index (χ1n) is 3.70. The van der Waals surface area contributed by atoms with E-state index >= 15 is 0 Å². The van der Waals surface area contributed by atoms with Gasteiger partial charge in [0, 0.05) is 12.0 Å². The molecular formula is C8H8F3O2P. The maximum Gasteiger partial charge on any atom is 0.417 e. The van der Waals surface area contributed by atoms with Crippen LogP contribution in [0.5, 0.6) is 0 Å². The van der Waals surface area contributed by atoms with Crippen LogP contribution in [0.25, 0.3) is 0 Å². The fourth-order valence-electron chi connectivity index (χ4n) is 1.08. The smallest absolute Gasteiger partial charge is 0.341 e. The van der Waals surface area contributed by atoms with Crippen molar-refractivity contribution >= 4 is 12.7 Å². The van der Waals surface area contributed by atoms with E-state index in [1.807, 2.05) is 0 Å². The standard InChI is InChI=1S/C8H8F3O2P/c1-14(12,13)7-5-3-2-4-6(7)8(9,10)11/h2-5H,1H3,(H,12,13). The Kier molecular flexibility index (Phi) is 2.74. The maximum atomic E-state index is 12.3. The van der Waals surface area contributed by atoms with Gasteiger partial charge in [0.05, 0.1) is 5.56 Å². The number of hydrogen-bond donors (Lipinski definition) is 1. The molecule has 0 heterocycles. The fraction of sp³-hybridized carbons (Fsp3) is 0.250. The summed E-state index contributed by atoms with van der Waals surface area (Å²) >= 11 is 0. The molecule has 0 aromatic heterocycles. The summed E-state index contributed by atoms with van der Waals surface area (Å²) in [6.45, 7) is 0.886. The van der Waals surface area contributed by atoms with E-state index in [0.29, 0.717) is 0 Å². The minimum atomic E-state index is -4.59. The zero-order valence-electron chi connectivity index (χ0n) is 7.25. The van der Waals surface area contributed by atoms with Crippen molar-refractivity contribution in [1.82, 2.24) is 0 Å². The minimum Gasteiger partial charge on any atom is -0.341 e. The molecule has 0 bridgehead atoms. The Morgan fingerprint density at radius 1 is 1.29 bits per heavy atom. The van der Waals surface area contributed by atoms with Crippen molar-refractivity contribution in [2.45, 2.75) is 6.18 Å². The van der Waals surface area contributed by atoms with E-state index in [1.54, 1.807) is 0 Å². The SMILES string of the molecule is CP(=O)(O)c1ccccc1C(F)(F)F. The zero-order valence-corrected chi connectivity index (χ0v) is 8.14. The van der Waals surface area contributed by atoms with E-state index in [2.05, 4.69) is 0 Å². The van der Waals surface area contributed by atoms with Crippen LogP contribution in [0.15, 0.2) is 24.3 Å².